The first-order valence-corrected chi connectivity index (χ1v) is 7.30. The van der Waals surface area contributed by atoms with Crippen molar-refractivity contribution in [3.63, 3.8) is 0 Å². The van der Waals surface area contributed by atoms with Crippen LogP contribution in [0.2, 0.25) is 0 Å². The van der Waals surface area contributed by atoms with Crippen LogP contribution < -0.4 is 5.73 Å². The van der Waals surface area contributed by atoms with Crippen molar-refractivity contribution < 1.29 is 14.3 Å². The van der Waals surface area contributed by atoms with Crippen LogP contribution in [0.5, 0.6) is 0 Å². The Balaban J connectivity index is 2.99. The molecule has 0 fully saturated rings. The lowest BCUT2D eigenvalue weighted by molar-refractivity contribution is -0.133. The third-order valence-electron chi connectivity index (χ3n) is 2.95. The van der Waals surface area contributed by atoms with E-state index in [-0.39, 0.29) is 12.5 Å². The van der Waals surface area contributed by atoms with E-state index in [9.17, 15) is 9.59 Å². The Morgan fingerprint density at radius 3 is 2.45 bits per heavy atom. The SMILES string of the molecule is CC(C)[C@H](N)C(=O)N(Cc1cccnc1)C(=O)OC(C)(C)C. The van der Waals surface area contributed by atoms with Crippen molar-refractivity contribution in [2.24, 2.45) is 11.7 Å². The maximum Gasteiger partial charge on any atom is 0.417 e. The topological polar surface area (TPSA) is 85.5 Å². The minimum absolute atomic E-state index is 0.0775. The Morgan fingerprint density at radius 1 is 1.36 bits per heavy atom. The lowest BCUT2D eigenvalue weighted by atomic mass is 10.0. The second-order valence-electron chi connectivity index (χ2n) is 6.54. The Hall–Kier alpha value is -1.95. The zero-order valence-electron chi connectivity index (χ0n) is 13.9. The molecule has 122 valence electrons. The molecular weight excluding hydrogens is 282 g/mol. The molecule has 0 saturated carbocycles. The first-order chi connectivity index (χ1) is 10.1. The molecule has 0 spiro atoms. The lowest BCUT2D eigenvalue weighted by Crippen LogP contribution is -2.50. The standard InChI is InChI=1S/C16H25N3O3/c1-11(2)13(17)14(20)19(15(21)22-16(3,4)5)10-12-7-6-8-18-9-12/h6-9,11,13H,10,17H2,1-5H3/t13-/m0/s1. The second kappa shape index (κ2) is 7.35. The summed E-state index contributed by atoms with van der Waals surface area (Å²) in [4.78, 5) is 29.9. The molecule has 1 rings (SSSR count). The van der Waals surface area contributed by atoms with Gasteiger partial charge in [0.05, 0.1) is 12.6 Å². The smallest absolute Gasteiger partial charge is 0.417 e. The van der Waals surface area contributed by atoms with E-state index in [4.69, 9.17) is 10.5 Å². The normalized spacial score (nSPS) is 12.9. The zero-order valence-corrected chi connectivity index (χ0v) is 13.9. The van der Waals surface area contributed by atoms with E-state index >= 15 is 0 Å². The van der Waals surface area contributed by atoms with Gasteiger partial charge >= 0.3 is 6.09 Å². The number of ether oxygens (including phenoxy) is 1. The summed E-state index contributed by atoms with van der Waals surface area (Å²) in [6, 6.07) is 2.78. The van der Waals surface area contributed by atoms with Gasteiger partial charge in [0, 0.05) is 12.4 Å². The van der Waals surface area contributed by atoms with Crippen molar-refractivity contribution in [1.82, 2.24) is 9.88 Å². The second-order valence-corrected chi connectivity index (χ2v) is 6.54. The molecule has 0 unspecified atom stereocenters. The predicted octanol–water partition coefficient (Wildman–Crippen LogP) is 2.33. The average Bonchev–Trinajstić information content (AvgIpc) is 2.42. The molecule has 1 atom stereocenters. The van der Waals surface area contributed by atoms with Crippen LogP contribution in [0, 0.1) is 5.92 Å². The Labute approximate surface area is 131 Å². The summed E-state index contributed by atoms with van der Waals surface area (Å²) in [7, 11) is 0. The summed E-state index contributed by atoms with van der Waals surface area (Å²) < 4.78 is 5.31. The van der Waals surface area contributed by atoms with Gasteiger partial charge in [-0.1, -0.05) is 19.9 Å². The maximum absolute atomic E-state index is 12.5. The summed E-state index contributed by atoms with van der Waals surface area (Å²) in [5, 5.41) is 0. The third-order valence-corrected chi connectivity index (χ3v) is 2.95. The van der Waals surface area contributed by atoms with Gasteiger partial charge in [-0.25, -0.2) is 9.69 Å². The molecule has 22 heavy (non-hydrogen) atoms. The van der Waals surface area contributed by atoms with Crippen LogP contribution in [0.4, 0.5) is 4.79 Å². The van der Waals surface area contributed by atoms with Crippen molar-refractivity contribution in [3.05, 3.63) is 30.1 Å². The molecule has 0 aliphatic rings. The van der Waals surface area contributed by atoms with Crippen molar-refractivity contribution in [1.29, 1.82) is 0 Å². The fourth-order valence-electron chi connectivity index (χ4n) is 1.69. The van der Waals surface area contributed by atoms with Gasteiger partial charge in [0.15, 0.2) is 0 Å². The van der Waals surface area contributed by atoms with Crippen LogP contribution in [0.3, 0.4) is 0 Å². The van der Waals surface area contributed by atoms with Crippen LogP contribution >= 0.6 is 0 Å². The van der Waals surface area contributed by atoms with Gasteiger partial charge in [-0.3, -0.25) is 9.78 Å². The molecular formula is C16H25N3O3. The van der Waals surface area contributed by atoms with Crippen molar-refractivity contribution in [3.8, 4) is 0 Å². The average molecular weight is 307 g/mol. The summed E-state index contributed by atoms with van der Waals surface area (Å²) in [6.45, 7) is 9.00. The van der Waals surface area contributed by atoms with E-state index in [0.29, 0.717) is 0 Å². The van der Waals surface area contributed by atoms with Crippen LogP contribution in [0.25, 0.3) is 0 Å². The van der Waals surface area contributed by atoms with Crippen LogP contribution in [-0.4, -0.2) is 33.5 Å². The lowest BCUT2D eigenvalue weighted by Gasteiger charge is -2.28. The van der Waals surface area contributed by atoms with Crippen molar-refractivity contribution >= 4 is 12.0 Å². The first-order valence-electron chi connectivity index (χ1n) is 7.30. The van der Waals surface area contributed by atoms with E-state index in [1.165, 1.54) is 0 Å². The number of nitrogens with two attached hydrogens (primary N) is 1. The highest BCUT2D eigenvalue weighted by Crippen LogP contribution is 2.15. The number of hydrogen-bond acceptors (Lipinski definition) is 5. The number of carbonyl (C=O) groups is 2. The number of carbonyl (C=O) groups excluding carboxylic acids is 2. The van der Waals surface area contributed by atoms with Gasteiger partial charge in [0.1, 0.15) is 5.60 Å². The van der Waals surface area contributed by atoms with Gasteiger partial charge in [0.25, 0.3) is 0 Å². The van der Waals surface area contributed by atoms with Crippen LogP contribution in [0.1, 0.15) is 40.2 Å². The van der Waals surface area contributed by atoms with E-state index in [1.54, 1.807) is 45.3 Å². The quantitative estimate of drug-likeness (QED) is 0.922. The van der Waals surface area contributed by atoms with Gasteiger partial charge in [-0.05, 0) is 38.3 Å². The minimum Gasteiger partial charge on any atom is -0.443 e. The summed E-state index contributed by atoms with van der Waals surface area (Å²) in [6.07, 6.45) is 2.53. The molecule has 1 heterocycles. The number of aromatic nitrogens is 1. The minimum atomic E-state index is -0.760. The molecule has 1 aromatic heterocycles. The van der Waals surface area contributed by atoms with Gasteiger partial charge < -0.3 is 10.5 Å². The molecule has 0 bridgehead atoms. The Bertz CT molecular complexity index is 509. The van der Waals surface area contributed by atoms with E-state index in [1.807, 2.05) is 13.8 Å². The number of amides is 2. The number of pyridine rings is 1. The molecule has 0 aliphatic carbocycles. The van der Waals surface area contributed by atoms with Crippen molar-refractivity contribution in [2.75, 3.05) is 0 Å². The highest BCUT2D eigenvalue weighted by molar-refractivity contribution is 5.95. The molecule has 1 aromatic rings. The van der Waals surface area contributed by atoms with Crippen LogP contribution in [0.15, 0.2) is 24.5 Å². The van der Waals surface area contributed by atoms with E-state index in [0.717, 1.165) is 10.5 Å². The summed E-state index contributed by atoms with van der Waals surface area (Å²) in [5.41, 5.74) is 5.95. The molecule has 2 N–H and O–H groups in total. The van der Waals surface area contributed by atoms with Gasteiger partial charge in [-0.2, -0.15) is 0 Å². The fraction of sp³-hybridized carbons (Fsp3) is 0.562. The maximum atomic E-state index is 12.5. The predicted molar refractivity (Wildman–Crippen MR) is 83.8 cm³/mol. The molecule has 6 nitrogen and oxygen atoms in total. The Kier molecular flexibility index (Phi) is 6.05. The summed E-state index contributed by atoms with van der Waals surface area (Å²) >= 11 is 0. The highest BCUT2D eigenvalue weighted by Gasteiger charge is 2.31. The van der Waals surface area contributed by atoms with Crippen LogP contribution in [-0.2, 0) is 16.1 Å². The van der Waals surface area contributed by atoms with Gasteiger partial charge in [0.2, 0.25) is 5.91 Å². The first kappa shape index (κ1) is 18.1. The van der Waals surface area contributed by atoms with E-state index < -0.39 is 23.6 Å². The van der Waals surface area contributed by atoms with Crippen molar-refractivity contribution in [2.45, 2.75) is 52.8 Å². The largest absolute Gasteiger partial charge is 0.443 e. The monoisotopic (exact) mass is 307 g/mol. The third kappa shape index (κ3) is 5.44. The molecule has 0 radical (unpaired) electrons. The molecule has 2 amide bonds. The fourth-order valence-corrected chi connectivity index (χ4v) is 1.69. The number of nitrogens with zero attached hydrogens (tertiary/aromatic N) is 2. The Morgan fingerprint density at radius 2 is 2.00 bits per heavy atom. The summed E-state index contributed by atoms with van der Waals surface area (Å²) in [5.74, 6) is -0.528. The molecule has 6 heteroatoms. The number of rotatable bonds is 4. The number of hydrogen-bond donors (Lipinski definition) is 1. The highest BCUT2D eigenvalue weighted by atomic mass is 16.6. The number of imide groups is 1. The molecule has 0 aliphatic heterocycles. The zero-order chi connectivity index (χ0) is 16.9. The van der Waals surface area contributed by atoms with E-state index in [2.05, 4.69) is 4.98 Å². The molecule has 0 aromatic carbocycles. The molecule has 0 saturated heterocycles. The van der Waals surface area contributed by atoms with Gasteiger partial charge in [-0.15, -0.1) is 0 Å².